The van der Waals surface area contributed by atoms with Gasteiger partial charge in [0.25, 0.3) is 0 Å². The van der Waals surface area contributed by atoms with E-state index in [1.807, 2.05) is 13.0 Å². The Morgan fingerprint density at radius 2 is 1.76 bits per heavy atom. The third-order valence-corrected chi connectivity index (χ3v) is 3.58. The summed E-state index contributed by atoms with van der Waals surface area (Å²) in [5.74, 6) is -0.111. The first-order valence-electron chi connectivity index (χ1n) is 7.56. The largest absolute Gasteiger partial charge is 0.372 e. The number of carbonyl (C=O) groups excluding carboxylic acids is 1. The fourth-order valence-electron chi connectivity index (χ4n) is 2.11. The van der Waals surface area contributed by atoms with Crippen LogP contribution >= 0.6 is 0 Å². The van der Waals surface area contributed by atoms with Crippen LogP contribution in [0.1, 0.15) is 35.8 Å². The van der Waals surface area contributed by atoms with Gasteiger partial charge in [0.2, 0.25) is 0 Å². The molecule has 0 fully saturated rings. The number of rotatable bonds is 5. The molecule has 0 saturated carbocycles. The Kier molecular flexibility index (Phi) is 6.37. The van der Waals surface area contributed by atoms with Crippen LogP contribution in [0.4, 0.5) is 10.5 Å². The van der Waals surface area contributed by atoms with E-state index in [-0.39, 0.29) is 5.92 Å². The van der Waals surface area contributed by atoms with Gasteiger partial charge < -0.3 is 15.6 Å². The molecule has 2 amide bonds. The lowest BCUT2D eigenvalue weighted by Crippen LogP contribution is -2.15. The van der Waals surface area contributed by atoms with Crippen molar-refractivity contribution < 1.29 is 15.1 Å². The first-order chi connectivity index (χ1) is 12.0. The molecule has 0 bridgehead atoms. The average molecular weight is 338 g/mol. The third kappa shape index (κ3) is 5.22. The topological polar surface area (TPSA) is 118 Å². The van der Waals surface area contributed by atoms with Gasteiger partial charge in [0.05, 0.1) is 11.6 Å². The van der Waals surface area contributed by atoms with Gasteiger partial charge in [-0.2, -0.15) is 10.7 Å². The number of nitrogens with zero attached hydrogens (tertiary/aromatic N) is 2. The summed E-state index contributed by atoms with van der Waals surface area (Å²) in [6, 6.07) is 14.9. The van der Waals surface area contributed by atoms with E-state index in [9.17, 15) is 9.90 Å². The van der Waals surface area contributed by atoms with Gasteiger partial charge >= 0.3 is 6.03 Å². The lowest BCUT2D eigenvalue weighted by atomic mass is 10.0. The van der Waals surface area contributed by atoms with Crippen molar-refractivity contribution >= 4 is 17.9 Å². The summed E-state index contributed by atoms with van der Waals surface area (Å²) >= 11 is 0. The minimum atomic E-state index is -1.14. The van der Waals surface area contributed by atoms with Crippen molar-refractivity contribution in [3.05, 3.63) is 65.2 Å². The summed E-state index contributed by atoms with van der Waals surface area (Å²) in [6.45, 7) is 1.88. The summed E-state index contributed by atoms with van der Waals surface area (Å²) < 4.78 is 0. The number of aliphatic hydroxyl groups excluding tert-OH is 1. The fraction of sp³-hybridized carbons (Fsp3) is 0.167. The molecule has 0 saturated heterocycles. The highest BCUT2D eigenvalue weighted by molar-refractivity contribution is 5.95. The van der Waals surface area contributed by atoms with Gasteiger partial charge in [-0.3, -0.25) is 0 Å². The van der Waals surface area contributed by atoms with Gasteiger partial charge in [-0.25, -0.2) is 9.79 Å². The Morgan fingerprint density at radius 1 is 1.16 bits per heavy atom. The summed E-state index contributed by atoms with van der Waals surface area (Å²) in [5, 5.41) is 29.5. The second-order valence-corrected chi connectivity index (χ2v) is 5.38. The first-order valence-corrected chi connectivity index (χ1v) is 7.56. The summed E-state index contributed by atoms with van der Waals surface area (Å²) in [7, 11) is 0. The van der Waals surface area contributed by atoms with E-state index in [4.69, 9.17) is 10.5 Å². The van der Waals surface area contributed by atoms with Gasteiger partial charge in [0, 0.05) is 17.8 Å². The molecule has 4 N–H and O–H groups in total. The van der Waals surface area contributed by atoms with E-state index < -0.39 is 12.3 Å². The number of aliphatic imine (C=N–C) groups is 1. The lowest BCUT2D eigenvalue weighted by molar-refractivity contribution is 0.000692. The van der Waals surface area contributed by atoms with Crippen molar-refractivity contribution in [1.29, 1.82) is 5.26 Å². The molecule has 0 aliphatic heterocycles. The molecular formula is C18H18N4O3. The van der Waals surface area contributed by atoms with Crippen LogP contribution < -0.4 is 10.8 Å². The number of hydrogen-bond acceptors (Lipinski definition) is 5. The van der Waals surface area contributed by atoms with Crippen molar-refractivity contribution in [2.45, 2.75) is 19.1 Å². The van der Waals surface area contributed by atoms with Crippen molar-refractivity contribution in [3.8, 4) is 6.07 Å². The van der Waals surface area contributed by atoms with Gasteiger partial charge in [0.1, 0.15) is 0 Å². The second-order valence-electron chi connectivity index (χ2n) is 5.38. The minimum absolute atomic E-state index is 0.111. The second kappa shape index (κ2) is 8.70. The normalized spacial score (nSPS) is 13.2. The van der Waals surface area contributed by atoms with Crippen LogP contribution in [0.3, 0.4) is 0 Å². The minimum Gasteiger partial charge on any atom is -0.372 e. The third-order valence-electron chi connectivity index (χ3n) is 3.58. The molecule has 0 aliphatic carbocycles. The predicted octanol–water partition coefficient (Wildman–Crippen LogP) is 2.93. The maximum atomic E-state index is 11.8. The van der Waals surface area contributed by atoms with Crippen LogP contribution in [-0.2, 0) is 0 Å². The summed E-state index contributed by atoms with van der Waals surface area (Å²) in [5.41, 5.74) is 4.26. The van der Waals surface area contributed by atoms with E-state index >= 15 is 0 Å². The number of anilines is 1. The number of aliphatic hydroxyl groups is 1. The Labute approximate surface area is 145 Å². The molecule has 0 heterocycles. The molecule has 2 unspecified atom stereocenters. The average Bonchev–Trinajstić information content (AvgIpc) is 2.66. The molecule has 0 spiro atoms. The Hall–Kier alpha value is -3.05. The monoisotopic (exact) mass is 338 g/mol. The zero-order valence-corrected chi connectivity index (χ0v) is 13.5. The van der Waals surface area contributed by atoms with Gasteiger partial charge in [-0.1, -0.05) is 31.2 Å². The number of nitriles is 1. The first kappa shape index (κ1) is 18.3. The van der Waals surface area contributed by atoms with Crippen LogP contribution in [0, 0.1) is 11.3 Å². The van der Waals surface area contributed by atoms with Crippen LogP contribution in [0.2, 0.25) is 0 Å². The van der Waals surface area contributed by atoms with Gasteiger partial charge in [-0.15, -0.1) is 0 Å². The molecule has 25 heavy (non-hydrogen) atoms. The number of amides is 2. The number of urea groups is 1. The summed E-state index contributed by atoms with van der Waals surface area (Å²) in [6.07, 6.45) is 0.380. The zero-order valence-electron chi connectivity index (χ0n) is 13.5. The van der Waals surface area contributed by atoms with Gasteiger partial charge in [0.15, 0.2) is 6.23 Å². The molecule has 0 radical (unpaired) electrons. The van der Waals surface area contributed by atoms with E-state index in [2.05, 4.69) is 10.3 Å². The van der Waals surface area contributed by atoms with E-state index in [1.165, 1.54) is 6.21 Å². The molecule has 7 nitrogen and oxygen atoms in total. The molecular weight excluding hydrogens is 320 g/mol. The van der Waals surface area contributed by atoms with Crippen LogP contribution in [-0.4, -0.2) is 22.6 Å². The van der Waals surface area contributed by atoms with Crippen molar-refractivity contribution in [3.63, 3.8) is 0 Å². The van der Waals surface area contributed by atoms with Gasteiger partial charge in [-0.05, 0) is 35.4 Å². The number of hydroxylamine groups is 1. The Bertz CT molecular complexity index is 779. The van der Waals surface area contributed by atoms with Crippen LogP contribution in [0.15, 0.2) is 53.5 Å². The standard InChI is InChI=1S/C18H18N4O3/c1-12(14-4-6-15(7-5-14)17(23)22-25)11-20-18(24)21-16-8-2-13(10-19)3-9-16/h2-9,11-12,17,22-23,25H,1H3,(H,21,24)/b20-11+. The molecule has 0 aromatic heterocycles. The van der Waals surface area contributed by atoms with Crippen LogP contribution in [0.25, 0.3) is 0 Å². The SMILES string of the molecule is CC(/C=N/C(=O)Nc1ccc(C#N)cc1)c1ccc(C(O)NO)cc1. The molecule has 128 valence electrons. The van der Waals surface area contributed by atoms with E-state index in [1.54, 1.807) is 54.0 Å². The lowest BCUT2D eigenvalue weighted by Gasteiger charge is -2.11. The zero-order chi connectivity index (χ0) is 18.2. The van der Waals surface area contributed by atoms with Crippen LogP contribution in [0.5, 0.6) is 0 Å². The highest BCUT2D eigenvalue weighted by Gasteiger charge is 2.08. The number of hydrogen-bond donors (Lipinski definition) is 4. The summed E-state index contributed by atoms with van der Waals surface area (Å²) in [4.78, 5) is 15.7. The predicted molar refractivity (Wildman–Crippen MR) is 93.4 cm³/mol. The highest BCUT2D eigenvalue weighted by atomic mass is 16.5. The maximum Gasteiger partial charge on any atom is 0.345 e. The number of nitrogens with one attached hydrogen (secondary N) is 2. The Morgan fingerprint density at radius 3 is 2.32 bits per heavy atom. The van der Waals surface area contributed by atoms with E-state index in [0.29, 0.717) is 16.8 Å². The maximum absolute atomic E-state index is 11.8. The van der Waals surface area contributed by atoms with E-state index in [0.717, 1.165) is 5.56 Å². The molecule has 2 aromatic rings. The molecule has 2 rings (SSSR count). The fourth-order valence-corrected chi connectivity index (χ4v) is 2.11. The smallest absolute Gasteiger partial charge is 0.345 e. The quantitative estimate of drug-likeness (QED) is 0.380. The molecule has 0 aliphatic rings. The number of benzene rings is 2. The molecule has 2 aromatic carbocycles. The number of carbonyl (C=O) groups is 1. The molecule has 7 heteroatoms. The molecule has 2 atom stereocenters. The van der Waals surface area contributed by atoms with Crippen molar-refractivity contribution in [1.82, 2.24) is 5.48 Å². The van der Waals surface area contributed by atoms with Crippen molar-refractivity contribution in [2.75, 3.05) is 5.32 Å². The Balaban J connectivity index is 1.95. The highest BCUT2D eigenvalue weighted by Crippen LogP contribution is 2.17. The van der Waals surface area contributed by atoms with Crippen molar-refractivity contribution in [2.24, 2.45) is 4.99 Å².